The van der Waals surface area contributed by atoms with Crippen LogP contribution in [0.2, 0.25) is 0 Å². The van der Waals surface area contributed by atoms with E-state index in [4.69, 9.17) is 10.6 Å². The maximum Gasteiger partial charge on any atom is 0.143 e. The molecule has 0 bridgehead atoms. The molecule has 0 saturated carbocycles. The molecule has 0 spiro atoms. The van der Waals surface area contributed by atoms with Gasteiger partial charge in [0.25, 0.3) is 0 Å². The molecule has 68 valence electrons. The largest absolute Gasteiger partial charge is 0.495 e. The van der Waals surface area contributed by atoms with Crippen molar-refractivity contribution < 1.29 is 4.74 Å². The van der Waals surface area contributed by atoms with Gasteiger partial charge in [-0.3, -0.25) is 5.84 Å². The maximum atomic E-state index is 5.30. The molecule has 0 aliphatic rings. The number of halogens is 1. The first-order valence-corrected chi connectivity index (χ1v) is 3.40. The predicted molar refractivity (Wildman–Crippen MR) is 52.8 cm³/mol. The Morgan fingerprint density at radius 1 is 1.42 bits per heavy atom. The molecule has 1 rings (SSSR count). The zero-order valence-corrected chi connectivity index (χ0v) is 7.94. The second-order valence-corrected chi connectivity index (χ2v) is 2.30. The van der Waals surface area contributed by atoms with E-state index in [2.05, 4.69) is 5.43 Å². The molecule has 0 amide bonds. The van der Waals surface area contributed by atoms with E-state index in [1.54, 1.807) is 7.11 Å². The number of nitrogens with one attached hydrogen (secondary N) is 1. The highest BCUT2D eigenvalue weighted by atomic mass is 35.5. The van der Waals surface area contributed by atoms with Crippen LogP contribution in [0.25, 0.3) is 0 Å². The Morgan fingerprint density at radius 3 is 2.50 bits per heavy atom. The number of nitrogen functional groups attached to an aromatic ring is 1. The number of ether oxygens (including phenoxy) is 1. The quantitative estimate of drug-likeness (QED) is 0.549. The summed E-state index contributed by atoms with van der Waals surface area (Å²) in [6, 6.07) is 5.76. The standard InChI is InChI=1S/C8H12N2O.ClH/c1-6-4-3-5-7(11-2)8(6)10-9;/h3-5,10H,9H2,1-2H3;1H. The summed E-state index contributed by atoms with van der Waals surface area (Å²) in [4.78, 5) is 0. The number of hydrogen-bond donors (Lipinski definition) is 2. The van der Waals surface area contributed by atoms with E-state index >= 15 is 0 Å². The van der Waals surface area contributed by atoms with Crippen LogP contribution in [-0.4, -0.2) is 7.11 Å². The fourth-order valence-electron chi connectivity index (χ4n) is 0.996. The van der Waals surface area contributed by atoms with Gasteiger partial charge in [-0.05, 0) is 18.6 Å². The molecule has 0 fully saturated rings. The van der Waals surface area contributed by atoms with Crippen molar-refractivity contribution >= 4 is 18.1 Å². The van der Waals surface area contributed by atoms with Gasteiger partial charge >= 0.3 is 0 Å². The van der Waals surface area contributed by atoms with E-state index in [0.29, 0.717) is 0 Å². The van der Waals surface area contributed by atoms with E-state index in [1.165, 1.54) is 0 Å². The molecule has 3 nitrogen and oxygen atoms in total. The van der Waals surface area contributed by atoms with Crippen molar-refractivity contribution in [3.63, 3.8) is 0 Å². The fourth-order valence-corrected chi connectivity index (χ4v) is 0.996. The van der Waals surface area contributed by atoms with Crippen LogP contribution in [0.3, 0.4) is 0 Å². The molecule has 0 aromatic heterocycles. The number of nitrogens with two attached hydrogens (primary N) is 1. The Hall–Kier alpha value is -0.930. The van der Waals surface area contributed by atoms with Crippen LogP contribution >= 0.6 is 12.4 Å². The van der Waals surface area contributed by atoms with E-state index < -0.39 is 0 Å². The third-order valence-corrected chi connectivity index (χ3v) is 1.60. The highest BCUT2D eigenvalue weighted by Gasteiger charge is 2.01. The van der Waals surface area contributed by atoms with Gasteiger partial charge in [0.2, 0.25) is 0 Å². The molecule has 0 aliphatic carbocycles. The molecule has 0 heterocycles. The van der Waals surface area contributed by atoms with Gasteiger partial charge in [0.1, 0.15) is 5.75 Å². The van der Waals surface area contributed by atoms with Crippen LogP contribution in [0.4, 0.5) is 5.69 Å². The average molecular weight is 189 g/mol. The second kappa shape index (κ2) is 4.85. The lowest BCUT2D eigenvalue weighted by Gasteiger charge is -2.09. The summed E-state index contributed by atoms with van der Waals surface area (Å²) in [5, 5.41) is 0. The van der Waals surface area contributed by atoms with Crippen molar-refractivity contribution in [2.24, 2.45) is 5.84 Å². The molecule has 4 heteroatoms. The molecule has 1 aromatic carbocycles. The van der Waals surface area contributed by atoms with Gasteiger partial charge in [0.05, 0.1) is 12.8 Å². The number of hydrogen-bond acceptors (Lipinski definition) is 3. The summed E-state index contributed by atoms with van der Waals surface area (Å²) in [6.45, 7) is 1.97. The molecule has 0 atom stereocenters. The smallest absolute Gasteiger partial charge is 0.143 e. The highest BCUT2D eigenvalue weighted by Crippen LogP contribution is 2.25. The van der Waals surface area contributed by atoms with Crippen LogP contribution in [0.5, 0.6) is 5.75 Å². The van der Waals surface area contributed by atoms with Crippen LogP contribution in [0, 0.1) is 6.92 Å². The van der Waals surface area contributed by atoms with Crippen molar-refractivity contribution in [2.45, 2.75) is 6.92 Å². The first-order chi connectivity index (χ1) is 5.29. The lowest BCUT2D eigenvalue weighted by Crippen LogP contribution is -2.09. The van der Waals surface area contributed by atoms with E-state index in [-0.39, 0.29) is 12.4 Å². The molecule has 0 unspecified atom stereocenters. The summed E-state index contributed by atoms with van der Waals surface area (Å²) in [6.07, 6.45) is 0. The van der Waals surface area contributed by atoms with E-state index in [1.807, 2.05) is 25.1 Å². The van der Waals surface area contributed by atoms with Gasteiger partial charge in [0.15, 0.2) is 0 Å². The molecule has 3 N–H and O–H groups in total. The summed E-state index contributed by atoms with van der Waals surface area (Å²) < 4.78 is 5.07. The first-order valence-electron chi connectivity index (χ1n) is 3.40. The molecular weight excluding hydrogens is 176 g/mol. The number of hydrazine groups is 1. The predicted octanol–water partition coefficient (Wildman–Crippen LogP) is 1.71. The Balaban J connectivity index is 0.00000121. The third-order valence-electron chi connectivity index (χ3n) is 1.60. The summed E-state index contributed by atoms with van der Waals surface area (Å²) in [7, 11) is 1.62. The second-order valence-electron chi connectivity index (χ2n) is 2.30. The van der Waals surface area contributed by atoms with Gasteiger partial charge < -0.3 is 10.2 Å². The van der Waals surface area contributed by atoms with Crippen molar-refractivity contribution in [1.82, 2.24) is 0 Å². The highest BCUT2D eigenvalue weighted by molar-refractivity contribution is 5.85. The Labute approximate surface area is 78.3 Å². The summed E-state index contributed by atoms with van der Waals surface area (Å²) >= 11 is 0. The van der Waals surface area contributed by atoms with Crippen LogP contribution in [-0.2, 0) is 0 Å². The minimum atomic E-state index is 0. The number of para-hydroxylation sites is 1. The van der Waals surface area contributed by atoms with Crippen molar-refractivity contribution in [1.29, 1.82) is 0 Å². The summed E-state index contributed by atoms with van der Waals surface area (Å²) in [5.74, 6) is 6.07. The van der Waals surface area contributed by atoms with E-state index in [9.17, 15) is 0 Å². The number of aryl methyl sites for hydroxylation is 1. The Bertz CT molecular complexity index is 253. The SMILES string of the molecule is COc1cccc(C)c1NN.Cl. The molecular formula is C8H13ClN2O. The Morgan fingerprint density at radius 2 is 2.08 bits per heavy atom. The monoisotopic (exact) mass is 188 g/mol. The first kappa shape index (κ1) is 11.1. The van der Waals surface area contributed by atoms with Crippen molar-refractivity contribution in [3.05, 3.63) is 23.8 Å². The zero-order chi connectivity index (χ0) is 8.27. The summed E-state index contributed by atoms with van der Waals surface area (Å²) in [5.41, 5.74) is 4.51. The average Bonchev–Trinajstić information content (AvgIpc) is 2.04. The third kappa shape index (κ3) is 2.03. The number of rotatable bonds is 2. The number of anilines is 1. The normalized spacial score (nSPS) is 8.58. The van der Waals surface area contributed by atoms with Gasteiger partial charge in [0, 0.05) is 0 Å². The minimum absolute atomic E-state index is 0. The molecule has 12 heavy (non-hydrogen) atoms. The minimum Gasteiger partial charge on any atom is -0.495 e. The number of methoxy groups -OCH3 is 1. The van der Waals surface area contributed by atoms with Gasteiger partial charge in [-0.15, -0.1) is 12.4 Å². The molecule has 0 saturated heterocycles. The van der Waals surface area contributed by atoms with Gasteiger partial charge in [-0.1, -0.05) is 12.1 Å². The van der Waals surface area contributed by atoms with Crippen molar-refractivity contribution in [3.8, 4) is 5.75 Å². The van der Waals surface area contributed by atoms with Crippen LogP contribution in [0.15, 0.2) is 18.2 Å². The van der Waals surface area contributed by atoms with Crippen LogP contribution in [0.1, 0.15) is 5.56 Å². The lowest BCUT2D eigenvalue weighted by atomic mass is 10.2. The van der Waals surface area contributed by atoms with E-state index in [0.717, 1.165) is 17.0 Å². The maximum absolute atomic E-state index is 5.30. The lowest BCUT2D eigenvalue weighted by molar-refractivity contribution is 0.416. The molecule has 1 aromatic rings. The van der Waals surface area contributed by atoms with Crippen molar-refractivity contribution in [2.75, 3.05) is 12.5 Å². The topological polar surface area (TPSA) is 47.3 Å². The number of benzene rings is 1. The van der Waals surface area contributed by atoms with Gasteiger partial charge in [-0.2, -0.15) is 0 Å². The molecule has 0 aliphatic heterocycles. The van der Waals surface area contributed by atoms with Crippen LogP contribution < -0.4 is 16.0 Å². The Kier molecular flexibility index (Phi) is 4.47. The molecule has 0 radical (unpaired) electrons. The van der Waals surface area contributed by atoms with Gasteiger partial charge in [-0.25, -0.2) is 0 Å². The fraction of sp³-hybridized carbons (Fsp3) is 0.250. The zero-order valence-electron chi connectivity index (χ0n) is 7.13.